The smallest absolute Gasteiger partial charge is 0.459 e. The fourth-order valence-electron chi connectivity index (χ4n) is 5.19. The van der Waals surface area contributed by atoms with E-state index in [1.807, 2.05) is 6.92 Å². The molecule has 256 valence electrons. The molecule has 47 heavy (non-hydrogen) atoms. The number of aromatic nitrogens is 4. The molecule has 0 radical (unpaired) electrons. The predicted molar refractivity (Wildman–Crippen MR) is 177 cm³/mol. The van der Waals surface area contributed by atoms with E-state index >= 15 is 0 Å². The zero-order chi connectivity index (χ0) is 34.0. The van der Waals surface area contributed by atoms with Crippen LogP contribution in [0.5, 0.6) is 5.75 Å². The van der Waals surface area contributed by atoms with Crippen molar-refractivity contribution in [1.29, 1.82) is 0 Å². The largest absolute Gasteiger partial charge is 0.465 e. The second-order valence-electron chi connectivity index (χ2n) is 11.9. The third kappa shape index (κ3) is 9.75. The average molecular weight is 673 g/mol. The molecule has 15 heteroatoms. The van der Waals surface area contributed by atoms with Gasteiger partial charge >= 0.3 is 19.7 Å². The Morgan fingerprint density at radius 3 is 2.53 bits per heavy atom. The molecule has 3 aromatic rings. The zero-order valence-electron chi connectivity index (χ0n) is 27.4. The number of carbonyl (C=O) groups is 2. The van der Waals surface area contributed by atoms with Crippen LogP contribution in [-0.4, -0.2) is 57.3 Å². The van der Waals surface area contributed by atoms with Gasteiger partial charge in [0.1, 0.15) is 24.7 Å². The zero-order valence-corrected chi connectivity index (χ0v) is 28.3. The van der Waals surface area contributed by atoms with E-state index in [0.717, 1.165) is 31.3 Å². The summed E-state index contributed by atoms with van der Waals surface area (Å²) in [5.41, 5.74) is 5.51. The Hall–Kier alpha value is -4.00. The molecule has 3 atom stereocenters. The molecule has 4 N–H and O–H groups in total. The molecule has 2 heterocycles. The summed E-state index contributed by atoms with van der Waals surface area (Å²) in [6.07, 6.45) is 8.24. The van der Waals surface area contributed by atoms with Gasteiger partial charge in [0, 0.05) is 12.6 Å². The third-order valence-electron chi connectivity index (χ3n) is 7.83. The summed E-state index contributed by atoms with van der Waals surface area (Å²) in [5, 5.41) is 2.74. The van der Waals surface area contributed by atoms with Crippen LogP contribution < -0.4 is 20.9 Å². The highest BCUT2D eigenvalue weighted by molar-refractivity contribution is 7.52. The normalized spacial score (nSPS) is 18.6. The molecule has 0 amide bonds. The van der Waals surface area contributed by atoms with Crippen molar-refractivity contribution in [1.82, 2.24) is 24.6 Å². The standard InChI is InChI=1S/C32H45N6O8P/c1-5-11-23(12-6-2)18-43-30(41)22(4)37-47(42,46-25-14-9-8-10-15-25)45-20-32(19-44-26(39)13-7-3)16-24(32)17-38-21-34-27-28(38)35-31(33)36-29(27)40/h8-10,14-15,17,21-23H,5-7,11-13,16,18-20H2,1-4H3,(H,37,42)(H3,33,35,36,40)/b24-17-/t22?,32-,47+/m1/s1. The Kier molecular flexibility index (Phi) is 12.4. The number of aromatic amines is 1. The number of fused-ring (bicyclic) bond motifs is 1. The molecule has 2 aromatic heterocycles. The van der Waals surface area contributed by atoms with E-state index in [0.29, 0.717) is 12.8 Å². The van der Waals surface area contributed by atoms with Gasteiger partial charge < -0.3 is 19.7 Å². The molecule has 1 aromatic carbocycles. The van der Waals surface area contributed by atoms with E-state index in [4.69, 9.17) is 24.3 Å². The first-order chi connectivity index (χ1) is 22.5. The summed E-state index contributed by atoms with van der Waals surface area (Å²) in [7, 11) is -4.20. The third-order valence-corrected chi connectivity index (χ3v) is 9.46. The number of ether oxygens (including phenoxy) is 2. The van der Waals surface area contributed by atoms with Crippen LogP contribution in [0.15, 0.2) is 47.0 Å². The Morgan fingerprint density at radius 2 is 1.85 bits per heavy atom. The van der Waals surface area contributed by atoms with Crippen molar-refractivity contribution < 1.29 is 32.7 Å². The minimum Gasteiger partial charge on any atom is -0.465 e. The number of carbonyl (C=O) groups excluding carboxylic acids is 2. The monoisotopic (exact) mass is 672 g/mol. The van der Waals surface area contributed by atoms with Crippen LogP contribution in [0.3, 0.4) is 0 Å². The van der Waals surface area contributed by atoms with E-state index in [2.05, 4.69) is 33.9 Å². The first-order valence-corrected chi connectivity index (χ1v) is 17.6. The number of benzene rings is 1. The highest BCUT2D eigenvalue weighted by atomic mass is 31.2. The summed E-state index contributed by atoms with van der Waals surface area (Å²) in [6, 6.07) is 7.44. The number of nitrogens with two attached hydrogens (primary N) is 1. The van der Waals surface area contributed by atoms with Gasteiger partial charge in [-0.05, 0) is 56.2 Å². The summed E-state index contributed by atoms with van der Waals surface area (Å²) in [5.74, 6) is -0.506. The minimum atomic E-state index is -4.20. The lowest BCUT2D eigenvalue weighted by Crippen LogP contribution is -2.36. The maximum absolute atomic E-state index is 14.3. The van der Waals surface area contributed by atoms with Crippen LogP contribution in [0.1, 0.15) is 72.6 Å². The second kappa shape index (κ2) is 16.2. The lowest BCUT2D eigenvalue weighted by atomic mass is 9.99. The van der Waals surface area contributed by atoms with Crippen LogP contribution in [0, 0.1) is 11.3 Å². The van der Waals surface area contributed by atoms with E-state index in [1.54, 1.807) is 41.1 Å². The van der Waals surface area contributed by atoms with Crippen LogP contribution in [-0.2, 0) is 28.2 Å². The topological polar surface area (TPSA) is 190 Å². The second-order valence-corrected chi connectivity index (χ2v) is 13.6. The molecule has 0 aliphatic heterocycles. The van der Waals surface area contributed by atoms with Gasteiger partial charge in [-0.3, -0.25) is 28.5 Å². The van der Waals surface area contributed by atoms with Crippen LogP contribution in [0.25, 0.3) is 17.4 Å². The summed E-state index contributed by atoms with van der Waals surface area (Å²) < 4.78 is 38.8. The number of imidazole rings is 1. The lowest BCUT2D eigenvalue weighted by Gasteiger charge is -2.25. The molecular formula is C32H45N6O8P. The highest BCUT2D eigenvalue weighted by Gasteiger charge is 2.52. The van der Waals surface area contributed by atoms with Crippen LogP contribution in [0.4, 0.5) is 5.95 Å². The number of nitrogen functional groups attached to an aromatic ring is 1. The van der Waals surface area contributed by atoms with E-state index in [1.165, 1.54) is 13.3 Å². The van der Waals surface area contributed by atoms with Gasteiger partial charge in [0.25, 0.3) is 5.56 Å². The Balaban J connectivity index is 1.56. The van der Waals surface area contributed by atoms with E-state index in [9.17, 15) is 18.9 Å². The molecular weight excluding hydrogens is 627 g/mol. The molecule has 1 fully saturated rings. The number of para-hydroxylation sites is 1. The maximum Gasteiger partial charge on any atom is 0.459 e. The van der Waals surface area contributed by atoms with Crippen molar-refractivity contribution >= 4 is 43.0 Å². The first kappa shape index (κ1) is 35.8. The van der Waals surface area contributed by atoms with Gasteiger partial charge in [0.15, 0.2) is 11.2 Å². The van der Waals surface area contributed by atoms with E-state index in [-0.39, 0.29) is 61.0 Å². The van der Waals surface area contributed by atoms with Crippen LogP contribution in [0.2, 0.25) is 0 Å². The predicted octanol–water partition coefficient (Wildman–Crippen LogP) is 5.22. The molecule has 1 aliphatic carbocycles. The van der Waals surface area contributed by atoms with Gasteiger partial charge in [-0.2, -0.15) is 10.1 Å². The number of nitrogens with one attached hydrogen (secondary N) is 2. The molecule has 0 saturated heterocycles. The minimum absolute atomic E-state index is 0.0559. The summed E-state index contributed by atoms with van der Waals surface area (Å²) in [6.45, 7) is 7.62. The molecule has 1 saturated carbocycles. The Bertz CT molecular complexity index is 1650. The molecule has 14 nitrogen and oxygen atoms in total. The number of rotatable bonds is 19. The van der Waals surface area contributed by atoms with Crippen molar-refractivity contribution in [3.05, 3.63) is 52.6 Å². The fourth-order valence-corrected chi connectivity index (χ4v) is 6.77. The van der Waals surface area contributed by atoms with Crippen LogP contribution >= 0.6 is 7.75 Å². The van der Waals surface area contributed by atoms with Gasteiger partial charge in [0.05, 0.1) is 18.6 Å². The van der Waals surface area contributed by atoms with Crippen molar-refractivity contribution in [2.75, 3.05) is 25.6 Å². The van der Waals surface area contributed by atoms with Gasteiger partial charge in [-0.25, -0.2) is 9.55 Å². The Morgan fingerprint density at radius 1 is 1.13 bits per heavy atom. The fraction of sp³-hybridized carbons (Fsp3) is 0.531. The first-order valence-electron chi connectivity index (χ1n) is 16.0. The number of H-pyrrole nitrogens is 1. The molecule has 4 rings (SSSR count). The summed E-state index contributed by atoms with van der Waals surface area (Å²) in [4.78, 5) is 48.4. The van der Waals surface area contributed by atoms with Crippen molar-refractivity contribution in [3.63, 3.8) is 0 Å². The molecule has 0 spiro atoms. The average Bonchev–Trinajstić information content (AvgIpc) is 3.57. The van der Waals surface area contributed by atoms with E-state index < -0.39 is 30.7 Å². The number of nitrogens with zero attached hydrogens (tertiary/aromatic N) is 3. The van der Waals surface area contributed by atoms with Gasteiger partial charge in [-0.1, -0.05) is 51.8 Å². The van der Waals surface area contributed by atoms with Crippen molar-refractivity contribution in [3.8, 4) is 5.75 Å². The molecule has 1 aliphatic rings. The summed E-state index contributed by atoms with van der Waals surface area (Å²) >= 11 is 0. The number of esters is 2. The number of hydrogen-bond acceptors (Lipinski definition) is 11. The Labute approximate surface area is 274 Å². The van der Waals surface area contributed by atoms with Gasteiger partial charge in [-0.15, -0.1) is 0 Å². The SMILES string of the molecule is CCCC(=O)OC[C@@]1(CO[P@@](=O)(NC(C)C(=O)OCC(CCC)CCC)Oc2ccccc2)C/C1=C/n1cnc2c(=O)[nH]c(N)nc21. The quantitative estimate of drug-likeness (QED) is 0.111. The lowest BCUT2D eigenvalue weighted by molar-refractivity contribution is -0.147. The number of hydrogen-bond donors (Lipinski definition) is 3. The van der Waals surface area contributed by atoms with Gasteiger partial charge in [0.2, 0.25) is 5.95 Å². The van der Waals surface area contributed by atoms with Crippen molar-refractivity contribution in [2.24, 2.45) is 11.3 Å². The van der Waals surface area contributed by atoms with Crippen molar-refractivity contribution in [2.45, 2.75) is 78.7 Å². The maximum atomic E-state index is 14.3. The molecule has 1 unspecified atom stereocenters. The number of anilines is 1. The molecule has 0 bridgehead atoms. The highest BCUT2D eigenvalue weighted by Crippen LogP contribution is 2.56.